The van der Waals surface area contributed by atoms with Crippen molar-refractivity contribution in [2.75, 3.05) is 6.54 Å². The van der Waals surface area contributed by atoms with E-state index in [2.05, 4.69) is 17.2 Å². The van der Waals surface area contributed by atoms with E-state index in [1.54, 1.807) is 24.3 Å². The number of hydrogen-bond donors (Lipinski definition) is 1. The maximum absolute atomic E-state index is 11.5. The number of ketones is 1. The molecular weight excluding hydrogens is 226 g/mol. The summed E-state index contributed by atoms with van der Waals surface area (Å²) in [5.74, 6) is 5.23. The summed E-state index contributed by atoms with van der Waals surface area (Å²) in [4.78, 5) is 22.7. The van der Waals surface area contributed by atoms with Crippen LogP contribution in [0.15, 0.2) is 24.3 Å². The van der Waals surface area contributed by atoms with Crippen LogP contribution in [0.5, 0.6) is 0 Å². The lowest BCUT2D eigenvalue weighted by Gasteiger charge is -2.01. The molecule has 0 saturated carbocycles. The summed E-state index contributed by atoms with van der Waals surface area (Å²) in [5.41, 5.74) is 1.34. The third kappa shape index (κ3) is 4.42. The van der Waals surface area contributed by atoms with Gasteiger partial charge in [-0.2, -0.15) is 0 Å². The Hall–Kier alpha value is -2.08. The van der Waals surface area contributed by atoms with Crippen LogP contribution in [-0.2, 0) is 4.79 Å². The summed E-state index contributed by atoms with van der Waals surface area (Å²) in [6.07, 6.45) is 1.30. The number of carbonyl (C=O) groups is 2. The smallest absolute Gasteiger partial charge is 0.251 e. The Kier molecular flexibility index (Phi) is 5.66. The first-order valence-electron chi connectivity index (χ1n) is 6.10. The Bertz CT molecular complexity index is 477. The van der Waals surface area contributed by atoms with Gasteiger partial charge in [0.05, 0.1) is 0 Å². The molecule has 3 nitrogen and oxygen atoms in total. The van der Waals surface area contributed by atoms with E-state index in [0.717, 1.165) is 12.0 Å². The van der Waals surface area contributed by atoms with Gasteiger partial charge in [0.15, 0.2) is 0 Å². The summed E-state index contributed by atoms with van der Waals surface area (Å²) >= 11 is 0. The van der Waals surface area contributed by atoms with Gasteiger partial charge in [0, 0.05) is 24.1 Å². The molecule has 0 heterocycles. The van der Waals surface area contributed by atoms with Crippen molar-refractivity contribution in [3.05, 3.63) is 35.4 Å². The molecule has 1 N–H and O–H groups in total. The van der Waals surface area contributed by atoms with Gasteiger partial charge in [-0.1, -0.05) is 12.8 Å². The molecule has 1 aromatic carbocycles. The normalized spacial score (nSPS) is 9.22. The molecule has 0 aliphatic carbocycles. The van der Waals surface area contributed by atoms with Crippen LogP contribution in [0.4, 0.5) is 0 Å². The van der Waals surface area contributed by atoms with Gasteiger partial charge in [-0.3, -0.25) is 9.59 Å². The molecule has 0 unspecified atom stereocenters. The summed E-state index contributed by atoms with van der Waals surface area (Å²) in [6, 6.07) is 6.91. The van der Waals surface area contributed by atoms with Gasteiger partial charge >= 0.3 is 0 Å². The second-order valence-electron chi connectivity index (χ2n) is 3.86. The minimum Gasteiger partial charge on any atom is -0.352 e. The van der Waals surface area contributed by atoms with Crippen LogP contribution in [0.3, 0.4) is 0 Å². The van der Waals surface area contributed by atoms with E-state index in [4.69, 9.17) is 0 Å². The highest BCUT2D eigenvalue weighted by Gasteiger charge is 2.02. The number of benzene rings is 1. The molecule has 0 radical (unpaired) electrons. The van der Waals surface area contributed by atoms with Gasteiger partial charge in [0.25, 0.3) is 5.91 Å². The van der Waals surface area contributed by atoms with Crippen molar-refractivity contribution >= 4 is 11.7 Å². The number of amides is 1. The van der Waals surface area contributed by atoms with E-state index in [1.165, 1.54) is 0 Å². The molecule has 18 heavy (non-hydrogen) atoms. The van der Waals surface area contributed by atoms with E-state index >= 15 is 0 Å². The van der Waals surface area contributed by atoms with Gasteiger partial charge in [0.1, 0.15) is 0 Å². The van der Waals surface area contributed by atoms with Gasteiger partial charge in [-0.25, -0.2) is 0 Å². The van der Waals surface area contributed by atoms with E-state index in [-0.39, 0.29) is 11.7 Å². The van der Waals surface area contributed by atoms with E-state index in [9.17, 15) is 9.59 Å². The van der Waals surface area contributed by atoms with Crippen LogP contribution in [0.2, 0.25) is 0 Å². The average Bonchev–Trinajstić information content (AvgIpc) is 2.37. The molecule has 0 spiro atoms. The Morgan fingerprint density at radius 3 is 2.39 bits per heavy atom. The Balaban J connectivity index is 2.71. The maximum Gasteiger partial charge on any atom is 0.251 e. The third-order valence-corrected chi connectivity index (χ3v) is 2.31. The van der Waals surface area contributed by atoms with Crippen LogP contribution in [0, 0.1) is 11.8 Å². The molecule has 0 atom stereocenters. The molecule has 1 aromatic rings. The zero-order chi connectivity index (χ0) is 13.4. The topological polar surface area (TPSA) is 46.2 Å². The fourth-order valence-corrected chi connectivity index (χ4v) is 1.40. The number of Topliss-reactive ketones (excluding diaryl/α,β-unsaturated/α-hetero) is 1. The zero-order valence-corrected chi connectivity index (χ0v) is 10.7. The predicted octanol–water partition coefficient (Wildman–Crippen LogP) is 2.16. The predicted molar refractivity (Wildman–Crippen MR) is 71.2 cm³/mol. The van der Waals surface area contributed by atoms with Crippen LogP contribution in [0.25, 0.3) is 0 Å². The Morgan fingerprint density at radius 2 is 1.83 bits per heavy atom. The molecule has 0 bridgehead atoms. The van der Waals surface area contributed by atoms with E-state index in [0.29, 0.717) is 18.5 Å². The first-order valence-corrected chi connectivity index (χ1v) is 6.10. The fourth-order valence-electron chi connectivity index (χ4n) is 1.40. The maximum atomic E-state index is 11.5. The highest BCUT2D eigenvalue weighted by molar-refractivity contribution is 5.96. The largest absolute Gasteiger partial charge is 0.352 e. The number of carbonyl (C=O) groups excluding carboxylic acids is 2. The van der Waals surface area contributed by atoms with Crippen LogP contribution < -0.4 is 5.32 Å². The number of rotatable bonds is 4. The molecule has 0 saturated heterocycles. The highest BCUT2D eigenvalue weighted by Crippen LogP contribution is 2.03. The van der Waals surface area contributed by atoms with Crippen LogP contribution in [-0.4, -0.2) is 18.2 Å². The van der Waals surface area contributed by atoms with Gasteiger partial charge in [-0.05, 0) is 43.5 Å². The van der Waals surface area contributed by atoms with Crippen LogP contribution >= 0.6 is 0 Å². The number of hydrogen-bond acceptors (Lipinski definition) is 2. The zero-order valence-electron chi connectivity index (χ0n) is 10.7. The molecule has 1 amide bonds. The van der Waals surface area contributed by atoms with Crippen molar-refractivity contribution in [2.24, 2.45) is 0 Å². The lowest BCUT2D eigenvalue weighted by atomic mass is 10.1. The van der Waals surface area contributed by atoms with Crippen molar-refractivity contribution in [2.45, 2.75) is 26.7 Å². The monoisotopic (exact) mass is 243 g/mol. The summed E-state index contributed by atoms with van der Waals surface area (Å²) in [6.45, 7) is 4.42. The van der Waals surface area contributed by atoms with Crippen molar-refractivity contribution in [3.63, 3.8) is 0 Å². The van der Waals surface area contributed by atoms with Crippen molar-refractivity contribution < 1.29 is 9.59 Å². The first-order chi connectivity index (χ1) is 8.67. The average molecular weight is 243 g/mol. The van der Waals surface area contributed by atoms with Crippen LogP contribution in [0.1, 0.15) is 42.6 Å². The van der Waals surface area contributed by atoms with Gasteiger partial charge in [-0.15, -0.1) is 0 Å². The van der Waals surface area contributed by atoms with E-state index < -0.39 is 0 Å². The Labute approximate surface area is 108 Å². The molecule has 94 valence electrons. The minimum atomic E-state index is -0.0981. The standard InChI is InChI=1S/C15H17NO2/c1-3-5-14(17)11-8-12-6-9-13(10-7-12)15(18)16-4-2/h6-7,9-10H,3-5H2,1-2H3,(H,16,18). The van der Waals surface area contributed by atoms with E-state index in [1.807, 2.05) is 13.8 Å². The molecule has 0 fully saturated rings. The quantitative estimate of drug-likeness (QED) is 0.824. The van der Waals surface area contributed by atoms with Crippen molar-refractivity contribution in [1.82, 2.24) is 5.32 Å². The molecular formula is C15H17NO2. The second-order valence-corrected chi connectivity index (χ2v) is 3.86. The SMILES string of the molecule is CCCC(=O)C#Cc1ccc(C(=O)NCC)cc1. The fraction of sp³-hybridized carbons (Fsp3) is 0.333. The molecule has 0 aliphatic rings. The van der Waals surface area contributed by atoms with Gasteiger partial charge in [0.2, 0.25) is 5.78 Å². The summed E-state index contributed by atoms with van der Waals surface area (Å²) < 4.78 is 0. The van der Waals surface area contributed by atoms with Gasteiger partial charge < -0.3 is 5.32 Å². The highest BCUT2D eigenvalue weighted by atomic mass is 16.1. The van der Waals surface area contributed by atoms with Crippen molar-refractivity contribution in [3.8, 4) is 11.8 Å². The lowest BCUT2D eigenvalue weighted by molar-refractivity contribution is -0.113. The Morgan fingerprint density at radius 1 is 1.17 bits per heavy atom. The first kappa shape index (κ1) is 14.0. The van der Waals surface area contributed by atoms with Crippen molar-refractivity contribution in [1.29, 1.82) is 0 Å². The summed E-state index contributed by atoms with van der Waals surface area (Å²) in [5, 5.41) is 2.72. The molecule has 0 aliphatic heterocycles. The lowest BCUT2D eigenvalue weighted by Crippen LogP contribution is -2.22. The second kappa shape index (κ2) is 7.29. The summed E-state index contributed by atoms with van der Waals surface area (Å²) in [7, 11) is 0. The molecule has 3 heteroatoms. The molecule has 0 aromatic heterocycles. The number of nitrogens with one attached hydrogen (secondary N) is 1. The molecule has 1 rings (SSSR count). The third-order valence-electron chi connectivity index (χ3n) is 2.31. The minimum absolute atomic E-state index is 0.0506.